The van der Waals surface area contributed by atoms with Crippen LogP contribution in [-0.4, -0.2) is 11.0 Å². The summed E-state index contributed by atoms with van der Waals surface area (Å²) in [6, 6.07) is 8.65. The lowest BCUT2D eigenvalue weighted by Gasteiger charge is -2.16. The predicted molar refractivity (Wildman–Crippen MR) is 93.3 cm³/mol. The number of carbonyl (C=O) groups is 1. The largest absolute Gasteiger partial charge is 0.508 e. The number of thiophene rings is 1. The van der Waals surface area contributed by atoms with Crippen LogP contribution in [0.1, 0.15) is 39.0 Å². The van der Waals surface area contributed by atoms with Crippen LogP contribution in [0.4, 0.5) is 0 Å². The summed E-state index contributed by atoms with van der Waals surface area (Å²) in [5, 5.41) is 9.29. The van der Waals surface area contributed by atoms with E-state index in [1.54, 1.807) is 35.6 Å². The summed E-state index contributed by atoms with van der Waals surface area (Å²) in [5.41, 5.74) is 8.23. The van der Waals surface area contributed by atoms with Crippen molar-refractivity contribution in [1.29, 1.82) is 0 Å². The Morgan fingerprint density at radius 2 is 2.04 bits per heavy atom. The summed E-state index contributed by atoms with van der Waals surface area (Å²) in [7, 11) is 0. The number of phenolic OH excluding ortho intramolecular Hbond substituents is 1. The third-order valence-electron chi connectivity index (χ3n) is 4.10. The first-order valence-corrected chi connectivity index (χ1v) is 8.51. The Morgan fingerprint density at radius 3 is 2.78 bits per heavy atom. The average Bonchev–Trinajstić information content (AvgIpc) is 2.96. The van der Waals surface area contributed by atoms with Gasteiger partial charge in [0, 0.05) is 4.88 Å². The zero-order valence-electron chi connectivity index (χ0n) is 13.1. The molecular weight excluding hydrogens is 308 g/mol. The lowest BCUT2D eigenvalue weighted by Crippen LogP contribution is -2.35. The van der Waals surface area contributed by atoms with Crippen LogP contribution >= 0.6 is 11.3 Å². The Morgan fingerprint density at radius 1 is 1.30 bits per heavy atom. The minimum atomic E-state index is -0.142. The van der Waals surface area contributed by atoms with E-state index in [-0.39, 0.29) is 11.7 Å². The molecule has 120 valence electrons. The van der Waals surface area contributed by atoms with Crippen molar-refractivity contribution in [3.63, 3.8) is 0 Å². The standard InChI is InChI=1S/C18H20N2O2S/c1-11-3-8-16-14(9-11)10-17(23-16)18(22)20-19-12(2)13-4-6-15(21)7-5-13/h4-7,10-11,19,21H,2-3,8-9H2,1H3,(H,20,22)/t11-/m0/s1. The van der Waals surface area contributed by atoms with Crippen LogP contribution < -0.4 is 10.9 Å². The van der Waals surface area contributed by atoms with Crippen molar-refractivity contribution in [2.45, 2.75) is 26.2 Å². The lowest BCUT2D eigenvalue weighted by molar-refractivity contribution is 0.0946. The molecule has 0 saturated heterocycles. The molecule has 0 bridgehead atoms. The maximum absolute atomic E-state index is 12.3. The van der Waals surface area contributed by atoms with Crippen molar-refractivity contribution in [2.75, 3.05) is 0 Å². The highest BCUT2D eigenvalue weighted by atomic mass is 32.1. The normalized spacial score (nSPS) is 16.5. The Balaban J connectivity index is 1.61. The van der Waals surface area contributed by atoms with Gasteiger partial charge in [0.15, 0.2) is 0 Å². The zero-order chi connectivity index (χ0) is 16.4. The summed E-state index contributed by atoms with van der Waals surface area (Å²) in [4.78, 5) is 14.4. The van der Waals surface area contributed by atoms with Gasteiger partial charge in [-0.1, -0.05) is 13.5 Å². The van der Waals surface area contributed by atoms with Crippen molar-refractivity contribution in [3.05, 3.63) is 57.8 Å². The lowest BCUT2D eigenvalue weighted by atomic mass is 9.90. The molecule has 5 heteroatoms. The van der Waals surface area contributed by atoms with E-state index in [0.29, 0.717) is 11.6 Å². The quantitative estimate of drug-likeness (QED) is 0.753. The summed E-state index contributed by atoms with van der Waals surface area (Å²) in [6.07, 6.45) is 3.33. The van der Waals surface area contributed by atoms with Gasteiger partial charge in [0.25, 0.3) is 5.91 Å². The summed E-state index contributed by atoms with van der Waals surface area (Å²) in [6.45, 7) is 6.14. The summed E-state index contributed by atoms with van der Waals surface area (Å²) < 4.78 is 0. The van der Waals surface area contributed by atoms with E-state index in [4.69, 9.17) is 0 Å². The first kappa shape index (κ1) is 15.6. The number of amides is 1. The molecule has 1 amide bonds. The van der Waals surface area contributed by atoms with Gasteiger partial charge in [0.1, 0.15) is 5.75 Å². The highest BCUT2D eigenvalue weighted by Crippen LogP contribution is 2.32. The second-order valence-corrected chi connectivity index (χ2v) is 7.15. The number of rotatable bonds is 4. The number of benzene rings is 1. The Labute approximate surface area is 139 Å². The van der Waals surface area contributed by atoms with Crippen LogP contribution in [-0.2, 0) is 12.8 Å². The molecule has 4 nitrogen and oxygen atoms in total. The van der Waals surface area contributed by atoms with Crippen molar-refractivity contribution in [2.24, 2.45) is 5.92 Å². The van der Waals surface area contributed by atoms with Gasteiger partial charge in [-0.05, 0) is 66.6 Å². The number of aromatic hydroxyl groups is 1. The van der Waals surface area contributed by atoms with E-state index in [1.165, 1.54) is 16.9 Å². The third-order valence-corrected chi connectivity index (χ3v) is 5.33. The summed E-state index contributed by atoms with van der Waals surface area (Å²) in [5.74, 6) is 0.751. The molecule has 1 atom stereocenters. The van der Waals surface area contributed by atoms with Crippen molar-refractivity contribution >= 4 is 22.9 Å². The number of aryl methyl sites for hydroxylation is 1. The van der Waals surface area contributed by atoms with Crippen molar-refractivity contribution in [1.82, 2.24) is 10.9 Å². The topological polar surface area (TPSA) is 61.4 Å². The molecule has 0 fully saturated rings. The van der Waals surface area contributed by atoms with E-state index < -0.39 is 0 Å². The third kappa shape index (κ3) is 3.56. The number of hydrogen-bond donors (Lipinski definition) is 3. The van der Waals surface area contributed by atoms with Crippen LogP contribution in [0, 0.1) is 5.92 Å². The fourth-order valence-electron chi connectivity index (χ4n) is 2.75. The second kappa shape index (κ2) is 6.46. The van der Waals surface area contributed by atoms with E-state index in [1.807, 2.05) is 6.07 Å². The number of nitrogens with one attached hydrogen (secondary N) is 2. The van der Waals surface area contributed by atoms with Gasteiger partial charge in [-0.25, -0.2) is 0 Å². The summed E-state index contributed by atoms with van der Waals surface area (Å²) >= 11 is 1.58. The minimum absolute atomic E-state index is 0.142. The molecule has 0 spiro atoms. The van der Waals surface area contributed by atoms with E-state index in [0.717, 1.165) is 23.3 Å². The molecule has 1 heterocycles. The minimum Gasteiger partial charge on any atom is -0.508 e. The van der Waals surface area contributed by atoms with Gasteiger partial charge < -0.3 is 5.11 Å². The van der Waals surface area contributed by atoms with Crippen LogP contribution in [0.5, 0.6) is 5.75 Å². The molecule has 0 unspecified atom stereocenters. The van der Waals surface area contributed by atoms with E-state index in [9.17, 15) is 9.90 Å². The molecule has 1 aromatic carbocycles. The SMILES string of the molecule is C=C(NNC(=O)c1cc2c(s1)CC[C@H](C)C2)c1ccc(O)cc1. The molecule has 0 aliphatic heterocycles. The molecule has 0 saturated carbocycles. The molecule has 3 rings (SSSR count). The average molecular weight is 328 g/mol. The van der Waals surface area contributed by atoms with Gasteiger partial charge in [0.05, 0.1) is 10.6 Å². The molecular formula is C18H20N2O2S. The van der Waals surface area contributed by atoms with Gasteiger partial charge in [-0.15, -0.1) is 11.3 Å². The smallest absolute Gasteiger partial charge is 0.279 e. The molecule has 2 aromatic rings. The van der Waals surface area contributed by atoms with Crippen LogP contribution in [0.2, 0.25) is 0 Å². The van der Waals surface area contributed by atoms with Crippen LogP contribution in [0.3, 0.4) is 0 Å². The van der Waals surface area contributed by atoms with Gasteiger partial charge in [-0.3, -0.25) is 15.6 Å². The van der Waals surface area contributed by atoms with E-state index in [2.05, 4.69) is 24.4 Å². The van der Waals surface area contributed by atoms with Gasteiger partial charge >= 0.3 is 0 Å². The zero-order valence-corrected chi connectivity index (χ0v) is 13.9. The van der Waals surface area contributed by atoms with Gasteiger partial charge in [0.2, 0.25) is 0 Å². The predicted octanol–water partition coefficient (Wildman–Crippen LogP) is 3.48. The fraction of sp³-hybridized carbons (Fsp3) is 0.278. The highest BCUT2D eigenvalue weighted by molar-refractivity contribution is 7.14. The van der Waals surface area contributed by atoms with Gasteiger partial charge in [-0.2, -0.15) is 0 Å². The van der Waals surface area contributed by atoms with Crippen molar-refractivity contribution < 1.29 is 9.90 Å². The van der Waals surface area contributed by atoms with Crippen LogP contribution in [0.25, 0.3) is 5.70 Å². The van der Waals surface area contributed by atoms with Crippen molar-refractivity contribution in [3.8, 4) is 5.75 Å². The maximum atomic E-state index is 12.3. The molecule has 0 radical (unpaired) electrons. The molecule has 1 aliphatic rings. The number of carbonyl (C=O) groups excluding carboxylic acids is 1. The second-order valence-electron chi connectivity index (χ2n) is 6.01. The first-order valence-electron chi connectivity index (χ1n) is 7.69. The first-order chi connectivity index (χ1) is 11.0. The molecule has 1 aromatic heterocycles. The Kier molecular flexibility index (Phi) is 4.39. The number of fused-ring (bicyclic) bond motifs is 1. The molecule has 3 N–H and O–H groups in total. The highest BCUT2D eigenvalue weighted by Gasteiger charge is 2.20. The number of hydrazine groups is 1. The number of phenols is 1. The Bertz CT molecular complexity index is 734. The molecule has 23 heavy (non-hydrogen) atoms. The fourth-order valence-corrected chi connectivity index (χ4v) is 3.85. The van der Waals surface area contributed by atoms with E-state index >= 15 is 0 Å². The Hall–Kier alpha value is -2.27. The maximum Gasteiger partial charge on any atom is 0.279 e. The monoisotopic (exact) mass is 328 g/mol. The number of hydrogen-bond acceptors (Lipinski definition) is 4. The molecule has 1 aliphatic carbocycles. The van der Waals surface area contributed by atoms with Crippen LogP contribution in [0.15, 0.2) is 36.9 Å².